The van der Waals surface area contributed by atoms with Gasteiger partial charge in [-0.1, -0.05) is 170 Å². The van der Waals surface area contributed by atoms with E-state index >= 15 is 0 Å². The van der Waals surface area contributed by atoms with E-state index in [1.54, 1.807) is 0 Å². The number of aromatic nitrogens is 4. The van der Waals surface area contributed by atoms with Crippen molar-refractivity contribution in [1.82, 2.24) is 20.2 Å². The molecule has 4 heteroatoms. The number of hydrogen-bond donors (Lipinski definition) is 0. The van der Waals surface area contributed by atoms with Crippen LogP contribution in [0.5, 0.6) is 0 Å². The molecule has 0 aliphatic carbocycles. The molecule has 0 radical (unpaired) electrons. The number of nitrogens with zero attached hydrogens (tertiary/aromatic N) is 4. The molecule has 12 aromatic rings. The van der Waals surface area contributed by atoms with Crippen molar-refractivity contribution in [1.29, 1.82) is 0 Å². The van der Waals surface area contributed by atoms with E-state index in [0.29, 0.717) is 5.82 Å². The Bertz CT molecular complexity index is 3410. The van der Waals surface area contributed by atoms with Crippen molar-refractivity contribution in [2.45, 2.75) is 0 Å². The molecule has 1 heterocycles. The summed E-state index contributed by atoms with van der Waals surface area (Å²) in [5, 5.41) is 28.1. The predicted molar refractivity (Wildman–Crippen MR) is 237 cm³/mol. The standard InChI is InChI=1S/C53H32N4/c1-2-19-36(20-3-1)57-53(54-55-56-57)50-32-49(42-26-12-18-35-15-6-9-23-39(35)42)45-28-27-43-47(40-24-10-16-33-13-4-7-21-37(33)40)31-48(44-29-30-46(50)52(45)51(43)44)41-25-11-17-34-14-5-8-22-38(34)41/h1-32H. The SMILES string of the molecule is c1ccc(-n2nnnc2-c2cc(-c3cccc4ccccc34)c3ccc4c(-c5cccc6ccccc56)cc(-c5cccc6ccccc56)c5ccc2c3c45)cc1. The lowest BCUT2D eigenvalue weighted by Gasteiger charge is -2.22. The number of tetrazole rings is 1. The number of hydrogen-bond acceptors (Lipinski definition) is 3. The zero-order valence-corrected chi connectivity index (χ0v) is 30.8. The number of para-hydroxylation sites is 1. The van der Waals surface area contributed by atoms with E-state index in [4.69, 9.17) is 5.10 Å². The van der Waals surface area contributed by atoms with Crippen LogP contribution in [0.1, 0.15) is 0 Å². The molecule has 0 spiro atoms. The van der Waals surface area contributed by atoms with Crippen LogP contribution in [0, 0.1) is 0 Å². The Kier molecular flexibility index (Phi) is 6.89. The minimum absolute atomic E-state index is 0.698. The Labute approximate surface area is 328 Å². The molecule has 1 aromatic heterocycles. The number of rotatable bonds is 5. The molecule has 0 aliphatic heterocycles. The van der Waals surface area contributed by atoms with E-state index in [-0.39, 0.29) is 0 Å². The third-order valence-corrected chi connectivity index (χ3v) is 11.8. The Morgan fingerprint density at radius 2 is 0.684 bits per heavy atom. The minimum Gasteiger partial charge on any atom is -0.193 e. The molecule has 11 aromatic carbocycles. The Balaban J connectivity index is 1.29. The molecule has 0 N–H and O–H groups in total. The number of fused-ring (bicyclic) bond motifs is 3. The second-order valence-electron chi connectivity index (χ2n) is 14.8. The summed E-state index contributed by atoms with van der Waals surface area (Å²) in [5.41, 5.74) is 9.07. The van der Waals surface area contributed by atoms with Crippen molar-refractivity contribution in [3.63, 3.8) is 0 Å². The third-order valence-electron chi connectivity index (χ3n) is 11.8. The van der Waals surface area contributed by atoms with Crippen LogP contribution in [0.25, 0.3) is 115 Å². The first kappa shape index (κ1) is 31.6. The molecule has 57 heavy (non-hydrogen) atoms. The van der Waals surface area contributed by atoms with Crippen LogP contribution in [0.4, 0.5) is 0 Å². The van der Waals surface area contributed by atoms with E-state index in [0.717, 1.165) is 22.2 Å². The zero-order chi connectivity index (χ0) is 37.5. The second-order valence-corrected chi connectivity index (χ2v) is 14.8. The van der Waals surface area contributed by atoms with Crippen LogP contribution in [0.15, 0.2) is 194 Å². The highest BCUT2D eigenvalue weighted by Gasteiger charge is 2.24. The van der Waals surface area contributed by atoms with E-state index in [1.165, 1.54) is 87.1 Å². The van der Waals surface area contributed by atoms with Gasteiger partial charge in [-0.25, -0.2) is 0 Å². The smallest absolute Gasteiger partial charge is 0.187 e. The molecular formula is C53H32N4. The van der Waals surface area contributed by atoms with Gasteiger partial charge < -0.3 is 0 Å². The quantitative estimate of drug-likeness (QED) is 0.166. The molecular weight excluding hydrogens is 693 g/mol. The highest BCUT2D eigenvalue weighted by molar-refractivity contribution is 6.33. The van der Waals surface area contributed by atoms with Crippen LogP contribution in [0.2, 0.25) is 0 Å². The van der Waals surface area contributed by atoms with Crippen LogP contribution >= 0.6 is 0 Å². The van der Waals surface area contributed by atoms with Gasteiger partial charge in [0.15, 0.2) is 5.82 Å². The van der Waals surface area contributed by atoms with E-state index in [2.05, 4.69) is 174 Å². The van der Waals surface area contributed by atoms with Gasteiger partial charge in [-0.3, -0.25) is 0 Å². The molecule has 0 fully saturated rings. The summed E-state index contributed by atoms with van der Waals surface area (Å²) < 4.78 is 1.86. The third kappa shape index (κ3) is 4.77. The molecule has 0 atom stereocenters. The maximum absolute atomic E-state index is 4.74. The van der Waals surface area contributed by atoms with Gasteiger partial charge in [-0.2, -0.15) is 4.68 Å². The first-order valence-electron chi connectivity index (χ1n) is 19.4. The topological polar surface area (TPSA) is 43.6 Å². The van der Waals surface area contributed by atoms with Gasteiger partial charge in [-0.05, 0) is 133 Å². The molecule has 4 nitrogen and oxygen atoms in total. The summed E-state index contributed by atoms with van der Waals surface area (Å²) in [6.45, 7) is 0. The molecule has 0 unspecified atom stereocenters. The normalized spacial score (nSPS) is 11.9. The molecule has 0 amide bonds. The summed E-state index contributed by atoms with van der Waals surface area (Å²) in [4.78, 5) is 0. The second kappa shape index (κ2) is 12.4. The lowest BCUT2D eigenvalue weighted by Crippen LogP contribution is -2.01. The lowest BCUT2D eigenvalue weighted by atomic mass is 9.81. The van der Waals surface area contributed by atoms with Crippen LogP contribution in [0.3, 0.4) is 0 Å². The fraction of sp³-hybridized carbons (Fsp3) is 0. The van der Waals surface area contributed by atoms with Crippen molar-refractivity contribution in [2.75, 3.05) is 0 Å². The summed E-state index contributed by atoms with van der Waals surface area (Å²) in [7, 11) is 0. The zero-order valence-electron chi connectivity index (χ0n) is 30.8. The van der Waals surface area contributed by atoms with Gasteiger partial charge in [0.05, 0.1) is 5.69 Å². The number of benzene rings is 11. The van der Waals surface area contributed by atoms with E-state index in [9.17, 15) is 0 Å². The molecule has 0 bridgehead atoms. The summed E-state index contributed by atoms with van der Waals surface area (Å²) in [5.74, 6) is 0.698. The molecule has 0 aliphatic rings. The van der Waals surface area contributed by atoms with Gasteiger partial charge in [0, 0.05) is 5.56 Å². The summed E-state index contributed by atoms with van der Waals surface area (Å²) >= 11 is 0. The van der Waals surface area contributed by atoms with Gasteiger partial charge in [0.25, 0.3) is 0 Å². The first-order valence-corrected chi connectivity index (χ1v) is 19.4. The van der Waals surface area contributed by atoms with Crippen molar-refractivity contribution >= 4 is 64.6 Å². The fourth-order valence-corrected chi connectivity index (χ4v) is 9.33. The maximum atomic E-state index is 4.74. The lowest BCUT2D eigenvalue weighted by molar-refractivity contribution is 0.791. The average Bonchev–Trinajstić information content (AvgIpc) is 3.78. The molecule has 0 saturated carbocycles. The van der Waals surface area contributed by atoms with Crippen LogP contribution in [-0.4, -0.2) is 20.2 Å². The monoisotopic (exact) mass is 724 g/mol. The Morgan fingerprint density at radius 1 is 0.298 bits per heavy atom. The van der Waals surface area contributed by atoms with Crippen molar-refractivity contribution in [3.8, 4) is 50.5 Å². The van der Waals surface area contributed by atoms with Crippen molar-refractivity contribution in [2.24, 2.45) is 0 Å². The first-order chi connectivity index (χ1) is 28.3. The van der Waals surface area contributed by atoms with Gasteiger partial charge in [0.2, 0.25) is 0 Å². The van der Waals surface area contributed by atoms with Crippen LogP contribution in [-0.2, 0) is 0 Å². The van der Waals surface area contributed by atoms with E-state index < -0.39 is 0 Å². The largest absolute Gasteiger partial charge is 0.193 e. The van der Waals surface area contributed by atoms with E-state index in [1.807, 2.05) is 35.0 Å². The molecule has 12 rings (SSSR count). The summed E-state index contributed by atoms with van der Waals surface area (Å²) in [6.07, 6.45) is 0. The van der Waals surface area contributed by atoms with Crippen LogP contribution < -0.4 is 0 Å². The van der Waals surface area contributed by atoms with Gasteiger partial charge in [-0.15, -0.1) is 5.10 Å². The molecule has 0 saturated heterocycles. The average molecular weight is 725 g/mol. The van der Waals surface area contributed by atoms with Crippen molar-refractivity contribution < 1.29 is 0 Å². The fourth-order valence-electron chi connectivity index (χ4n) is 9.33. The molecule has 264 valence electrons. The highest BCUT2D eigenvalue weighted by Crippen LogP contribution is 2.50. The minimum atomic E-state index is 0.698. The summed E-state index contributed by atoms with van der Waals surface area (Å²) in [6, 6.07) is 70.3. The predicted octanol–water partition coefficient (Wildman–Crippen LogP) is 13.7. The Hall–Kier alpha value is -7.69. The highest BCUT2D eigenvalue weighted by atomic mass is 15.5. The van der Waals surface area contributed by atoms with Gasteiger partial charge in [0.1, 0.15) is 0 Å². The van der Waals surface area contributed by atoms with Gasteiger partial charge >= 0.3 is 0 Å². The Morgan fingerprint density at radius 3 is 1.16 bits per heavy atom. The van der Waals surface area contributed by atoms with Crippen molar-refractivity contribution in [3.05, 3.63) is 194 Å². The maximum Gasteiger partial charge on any atom is 0.187 e.